The molecule has 2 aromatic carbocycles. The first-order valence-electron chi connectivity index (χ1n) is 5.52. The second kappa shape index (κ2) is 7.41. The van der Waals surface area contributed by atoms with Crippen molar-refractivity contribution in [3.8, 4) is 0 Å². The fraction of sp³-hybridized carbons (Fsp3) is 0.143. The Bertz CT molecular complexity index is 595. The minimum absolute atomic E-state index is 0. The van der Waals surface area contributed by atoms with E-state index in [0.29, 0.717) is 6.54 Å². The molecule has 0 unspecified atom stereocenters. The molecule has 0 bridgehead atoms. The monoisotopic (exact) mass is 436 g/mol. The molecule has 1 heterocycles. The van der Waals surface area contributed by atoms with Gasteiger partial charge in [-0.2, -0.15) is 0 Å². The van der Waals surface area contributed by atoms with Crippen LogP contribution >= 0.6 is 0 Å². The zero-order chi connectivity index (χ0) is 11.0. The third-order valence-corrected chi connectivity index (χ3v) is 3.02. The van der Waals surface area contributed by atoms with E-state index in [4.69, 9.17) is 5.73 Å². The van der Waals surface area contributed by atoms with Gasteiger partial charge >= 0.3 is 0 Å². The van der Waals surface area contributed by atoms with Crippen molar-refractivity contribution in [2.75, 3.05) is 6.54 Å². The predicted molar refractivity (Wildman–Crippen MR) is 79.2 cm³/mol. The number of hydrogen-bond donors (Lipinski definition) is 0. The van der Waals surface area contributed by atoms with Gasteiger partial charge in [0.25, 0.3) is 0 Å². The maximum atomic E-state index is 7.41. The summed E-state index contributed by atoms with van der Waals surface area (Å²) in [7, 11) is 0. The van der Waals surface area contributed by atoms with Crippen LogP contribution in [0.5, 0.6) is 0 Å². The van der Waals surface area contributed by atoms with E-state index in [9.17, 15) is 0 Å². The first-order chi connectivity index (χ1) is 7.92. The molecule has 0 aliphatic carbocycles. The van der Waals surface area contributed by atoms with Crippen LogP contribution in [0.15, 0.2) is 48.5 Å². The van der Waals surface area contributed by atoms with Gasteiger partial charge in [-0.3, -0.25) is 0 Å². The summed E-state index contributed by atoms with van der Waals surface area (Å²) in [5.41, 5.74) is 9.87. The summed E-state index contributed by atoms with van der Waals surface area (Å²) >= 11 is 0. The molecule has 0 atom stereocenters. The average Bonchev–Trinajstić information content (AvgIpc) is 2.66. The van der Waals surface area contributed by atoms with Crippen LogP contribution in [0.4, 0.5) is 0 Å². The van der Waals surface area contributed by atoms with E-state index in [1.54, 1.807) is 0 Å². The molecule has 5 heteroatoms. The summed E-state index contributed by atoms with van der Waals surface area (Å²) in [5.74, 6) is 0. The predicted octanol–water partition coefficient (Wildman–Crippen LogP) is 5.28. The number of benzene rings is 2. The van der Waals surface area contributed by atoms with Crippen molar-refractivity contribution < 1.29 is 21.1 Å². The quantitative estimate of drug-likeness (QED) is 0.523. The third-order valence-electron chi connectivity index (χ3n) is 3.02. The number of aromatic nitrogens is 1. The van der Waals surface area contributed by atoms with E-state index in [1.165, 1.54) is 21.8 Å². The zero-order valence-corrected chi connectivity index (χ0v) is 12.7. The molecule has 0 spiro atoms. The van der Waals surface area contributed by atoms with Crippen molar-refractivity contribution in [1.82, 2.24) is 4.57 Å². The summed E-state index contributed by atoms with van der Waals surface area (Å²) in [6.45, 7) is 1.18. The maximum Gasteiger partial charge on any atom is 0.0490 e. The molecule has 4 nitrogen and oxygen atoms in total. The van der Waals surface area contributed by atoms with Gasteiger partial charge in [-0.15, -0.1) is 6.54 Å². The minimum Gasteiger partial charge on any atom is -0.693 e. The first kappa shape index (κ1) is 17.8. The number of fused-ring (bicyclic) bond motifs is 3. The largest absolute Gasteiger partial charge is 0.693 e. The Labute approximate surface area is 127 Å². The van der Waals surface area contributed by atoms with Gasteiger partial charge in [-0.25, -0.2) is 0 Å². The normalized spacial score (nSPS) is 9.53. The Morgan fingerprint density at radius 3 is 1.63 bits per heavy atom. The molecular weight excluding hydrogens is 419 g/mol. The third kappa shape index (κ3) is 2.87. The summed E-state index contributed by atoms with van der Waals surface area (Å²) < 4.78 is 2.23. The molecule has 0 amide bonds. The molecule has 0 fully saturated rings. The molecule has 1 aromatic heterocycles. The minimum atomic E-state index is 0. The Morgan fingerprint density at radius 1 is 0.789 bits per heavy atom. The SMILES string of the molecule is [NH-]CCn1c2ccccc2c2ccccc21.[NH2-].[NH2-].[Pt]. The molecule has 3 rings (SSSR count). The van der Waals surface area contributed by atoms with Crippen LogP contribution in [-0.4, -0.2) is 11.1 Å². The number of para-hydroxylation sites is 2. The van der Waals surface area contributed by atoms with E-state index in [2.05, 4.69) is 53.1 Å². The van der Waals surface area contributed by atoms with E-state index >= 15 is 0 Å². The van der Waals surface area contributed by atoms with Crippen LogP contribution in [0, 0.1) is 0 Å². The molecule has 106 valence electrons. The van der Waals surface area contributed by atoms with Crippen molar-refractivity contribution in [3.05, 3.63) is 66.6 Å². The van der Waals surface area contributed by atoms with Crippen molar-refractivity contribution in [3.63, 3.8) is 0 Å². The van der Waals surface area contributed by atoms with Crippen molar-refractivity contribution >= 4 is 21.8 Å². The number of nitrogens with zero attached hydrogens (tertiary/aromatic N) is 1. The van der Waals surface area contributed by atoms with E-state index < -0.39 is 0 Å². The molecule has 0 saturated heterocycles. The Balaban J connectivity index is 0.00000108. The Kier molecular flexibility index (Phi) is 6.95. The molecular formula is C14H17N4Pt-3. The molecule has 0 radical (unpaired) electrons. The van der Waals surface area contributed by atoms with Crippen LogP contribution in [0.2, 0.25) is 0 Å². The van der Waals surface area contributed by atoms with Crippen LogP contribution < -0.4 is 0 Å². The smallest absolute Gasteiger partial charge is 0.0490 e. The molecule has 5 N–H and O–H groups in total. The van der Waals surface area contributed by atoms with Gasteiger partial charge in [0.05, 0.1) is 0 Å². The number of hydrogen-bond acceptors (Lipinski definition) is 0. The topological polar surface area (TPSA) is 95.7 Å². The molecule has 3 aromatic rings. The first-order valence-corrected chi connectivity index (χ1v) is 5.52. The van der Waals surface area contributed by atoms with Crippen LogP contribution in [-0.2, 0) is 27.6 Å². The van der Waals surface area contributed by atoms with Gasteiger partial charge < -0.3 is 22.6 Å². The second-order valence-electron chi connectivity index (χ2n) is 3.94. The van der Waals surface area contributed by atoms with Gasteiger partial charge in [-0.05, 0) is 12.1 Å². The summed E-state index contributed by atoms with van der Waals surface area (Å²) in [5, 5.41) is 2.57. The summed E-state index contributed by atoms with van der Waals surface area (Å²) in [6.07, 6.45) is 0. The van der Waals surface area contributed by atoms with Gasteiger partial charge in [-0.1, -0.05) is 36.4 Å². The van der Waals surface area contributed by atoms with Crippen molar-refractivity contribution in [1.29, 1.82) is 0 Å². The standard InChI is InChI=1S/C14H13N2.2H2N.Pt/c15-9-10-16-13-7-3-1-5-11(13)12-6-2-4-8-14(12)16;;;/h1-8,15H,9-10H2;2*1H2;/q3*-1;. The van der Waals surface area contributed by atoms with Gasteiger partial charge in [0.15, 0.2) is 0 Å². The Hall–Kier alpha value is -1.19. The molecule has 0 aliphatic heterocycles. The molecule has 0 aliphatic rings. The van der Waals surface area contributed by atoms with Gasteiger partial charge in [0, 0.05) is 49.4 Å². The summed E-state index contributed by atoms with van der Waals surface area (Å²) in [6, 6.07) is 16.8. The molecule has 0 saturated carbocycles. The molecule has 19 heavy (non-hydrogen) atoms. The second-order valence-corrected chi connectivity index (χ2v) is 3.94. The van der Waals surface area contributed by atoms with Crippen LogP contribution in [0.3, 0.4) is 0 Å². The number of rotatable bonds is 2. The van der Waals surface area contributed by atoms with Gasteiger partial charge in [0.2, 0.25) is 0 Å². The maximum absolute atomic E-state index is 7.41. The fourth-order valence-corrected chi connectivity index (χ4v) is 2.36. The fourth-order valence-electron chi connectivity index (χ4n) is 2.36. The van der Waals surface area contributed by atoms with E-state index in [-0.39, 0.29) is 33.4 Å². The number of nitrogens with two attached hydrogens (primary N) is 2. The van der Waals surface area contributed by atoms with E-state index in [0.717, 1.165) is 6.54 Å². The van der Waals surface area contributed by atoms with E-state index in [1.807, 2.05) is 0 Å². The van der Waals surface area contributed by atoms with Crippen LogP contribution in [0.25, 0.3) is 39.8 Å². The summed E-state index contributed by atoms with van der Waals surface area (Å²) in [4.78, 5) is 0. The zero-order valence-electron chi connectivity index (χ0n) is 10.5. The number of nitrogens with one attached hydrogen (secondary N) is 1. The van der Waals surface area contributed by atoms with Crippen molar-refractivity contribution in [2.24, 2.45) is 0 Å². The van der Waals surface area contributed by atoms with Crippen molar-refractivity contribution in [2.45, 2.75) is 6.54 Å². The van der Waals surface area contributed by atoms with Crippen LogP contribution in [0.1, 0.15) is 0 Å². The van der Waals surface area contributed by atoms with Gasteiger partial charge in [0.1, 0.15) is 0 Å². The Morgan fingerprint density at radius 2 is 1.21 bits per heavy atom. The average molecular weight is 436 g/mol.